The number of nitrogens with two attached hydrogens (primary N) is 1. The monoisotopic (exact) mass is 176 g/mol. The van der Waals surface area contributed by atoms with Crippen LogP contribution in [0, 0.1) is 6.92 Å². The third-order valence-corrected chi connectivity index (χ3v) is 1.65. The predicted octanol–water partition coefficient (Wildman–Crippen LogP) is 1.02. The van der Waals surface area contributed by atoms with Crippen molar-refractivity contribution in [2.75, 3.05) is 5.73 Å². The molecule has 0 aliphatic carbocycles. The summed E-state index contributed by atoms with van der Waals surface area (Å²) in [4.78, 5) is 4.11. The molecule has 2 heterocycles. The van der Waals surface area contributed by atoms with E-state index in [0.29, 0.717) is 11.6 Å². The average molecular weight is 176 g/mol. The van der Waals surface area contributed by atoms with Crippen molar-refractivity contribution in [2.45, 2.75) is 6.92 Å². The van der Waals surface area contributed by atoms with Gasteiger partial charge in [-0.1, -0.05) is 11.2 Å². The molecular formula is C8H8N4O. The molecule has 0 bridgehead atoms. The minimum Gasteiger partial charge on any atom is -0.402 e. The second-order valence-corrected chi connectivity index (χ2v) is 2.61. The maximum Gasteiger partial charge on any atom is 0.313 e. The summed E-state index contributed by atoms with van der Waals surface area (Å²) in [5.41, 5.74) is 6.95. The fourth-order valence-corrected chi connectivity index (χ4v) is 1.04. The molecule has 0 unspecified atom stereocenters. The Kier molecular flexibility index (Phi) is 1.70. The standard InChI is InChI=1S/C8H8N4O/c1-5-3-2-4-10-6(5)7-11-12-8(9)13-7/h2-4H,1H3,(H2,9,12). The van der Waals surface area contributed by atoms with Crippen LogP contribution in [0.1, 0.15) is 5.56 Å². The lowest BCUT2D eigenvalue weighted by atomic mass is 10.2. The van der Waals surface area contributed by atoms with Crippen molar-refractivity contribution >= 4 is 6.01 Å². The first-order chi connectivity index (χ1) is 6.27. The predicted molar refractivity (Wildman–Crippen MR) is 46.7 cm³/mol. The number of pyridine rings is 1. The van der Waals surface area contributed by atoms with E-state index < -0.39 is 0 Å². The van der Waals surface area contributed by atoms with Crippen LogP contribution in [0.25, 0.3) is 11.6 Å². The van der Waals surface area contributed by atoms with Crippen LogP contribution in [0.5, 0.6) is 0 Å². The number of hydrogen-bond acceptors (Lipinski definition) is 5. The van der Waals surface area contributed by atoms with E-state index in [1.807, 2.05) is 19.1 Å². The van der Waals surface area contributed by atoms with Crippen LogP contribution in [0.4, 0.5) is 6.01 Å². The second-order valence-electron chi connectivity index (χ2n) is 2.61. The number of aromatic nitrogens is 3. The Morgan fingerprint density at radius 2 is 2.23 bits per heavy atom. The highest BCUT2D eigenvalue weighted by molar-refractivity contribution is 5.52. The molecule has 5 heteroatoms. The molecule has 0 aliphatic heterocycles. The van der Waals surface area contributed by atoms with Gasteiger partial charge in [0.15, 0.2) is 0 Å². The summed E-state index contributed by atoms with van der Waals surface area (Å²) >= 11 is 0. The lowest BCUT2D eigenvalue weighted by Gasteiger charge is -1.96. The van der Waals surface area contributed by atoms with Crippen LogP contribution in [-0.4, -0.2) is 15.2 Å². The van der Waals surface area contributed by atoms with Crippen molar-refractivity contribution in [3.05, 3.63) is 23.9 Å². The Morgan fingerprint density at radius 1 is 1.38 bits per heavy atom. The van der Waals surface area contributed by atoms with Gasteiger partial charge in [0.2, 0.25) is 0 Å². The first-order valence-corrected chi connectivity index (χ1v) is 3.78. The largest absolute Gasteiger partial charge is 0.402 e. The molecule has 2 aromatic rings. The Hall–Kier alpha value is -1.91. The highest BCUT2D eigenvalue weighted by atomic mass is 16.4. The van der Waals surface area contributed by atoms with Crippen molar-refractivity contribution < 1.29 is 4.42 Å². The lowest BCUT2D eigenvalue weighted by Crippen LogP contribution is -1.86. The Labute approximate surface area is 74.6 Å². The van der Waals surface area contributed by atoms with Crippen molar-refractivity contribution in [1.82, 2.24) is 15.2 Å². The molecule has 66 valence electrons. The molecule has 0 saturated carbocycles. The number of rotatable bonds is 1. The Morgan fingerprint density at radius 3 is 2.85 bits per heavy atom. The molecule has 0 amide bonds. The second kappa shape index (κ2) is 2.85. The molecule has 0 spiro atoms. The van der Waals surface area contributed by atoms with Gasteiger partial charge in [0, 0.05) is 6.20 Å². The highest BCUT2D eigenvalue weighted by Gasteiger charge is 2.09. The van der Waals surface area contributed by atoms with E-state index in [0.717, 1.165) is 5.56 Å². The summed E-state index contributed by atoms with van der Waals surface area (Å²) in [6.45, 7) is 1.92. The van der Waals surface area contributed by atoms with Crippen LogP contribution in [0.15, 0.2) is 22.7 Å². The summed E-state index contributed by atoms with van der Waals surface area (Å²) < 4.78 is 5.04. The zero-order valence-electron chi connectivity index (χ0n) is 7.06. The number of nitrogens with zero attached hydrogens (tertiary/aromatic N) is 3. The van der Waals surface area contributed by atoms with Crippen LogP contribution in [0.3, 0.4) is 0 Å². The van der Waals surface area contributed by atoms with E-state index in [4.69, 9.17) is 10.2 Å². The van der Waals surface area contributed by atoms with Crippen molar-refractivity contribution in [1.29, 1.82) is 0 Å². The zero-order valence-corrected chi connectivity index (χ0v) is 7.06. The highest BCUT2D eigenvalue weighted by Crippen LogP contribution is 2.18. The summed E-state index contributed by atoms with van der Waals surface area (Å²) in [6.07, 6.45) is 1.67. The number of nitrogen functional groups attached to an aromatic ring is 1. The quantitative estimate of drug-likeness (QED) is 0.701. The average Bonchev–Trinajstić information content (AvgIpc) is 2.53. The topological polar surface area (TPSA) is 77.8 Å². The number of aryl methyl sites for hydroxylation is 1. The summed E-state index contributed by atoms with van der Waals surface area (Å²) in [7, 11) is 0. The van der Waals surface area contributed by atoms with Crippen LogP contribution < -0.4 is 5.73 Å². The van der Waals surface area contributed by atoms with E-state index >= 15 is 0 Å². The van der Waals surface area contributed by atoms with Crippen molar-refractivity contribution in [3.63, 3.8) is 0 Å². The summed E-state index contributed by atoms with van der Waals surface area (Å²) in [6, 6.07) is 3.82. The minimum absolute atomic E-state index is 0.0556. The zero-order chi connectivity index (χ0) is 9.26. The molecule has 2 aromatic heterocycles. The molecule has 0 fully saturated rings. The summed E-state index contributed by atoms with van der Waals surface area (Å²) in [5, 5.41) is 7.30. The minimum atomic E-state index is 0.0556. The van der Waals surface area contributed by atoms with Gasteiger partial charge in [0.1, 0.15) is 5.69 Å². The Balaban J connectivity index is 2.52. The van der Waals surface area contributed by atoms with Crippen LogP contribution >= 0.6 is 0 Å². The van der Waals surface area contributed by atoms with E-state index in [1.165, 1.54) is 0 Å². The molecule has 0 radical (unpaired) electrons. The fraction of sp³-hybridized carbons (Fsp3) is 0.125. The molecule has 0 aromatic carbocycles. The van der Waals surface area contributed by atoms with Crippen LogP contribution in [-0.2, 0) is 0 Å². The maximum atomic E-state index is 5.30. The van der Waals surface area contributed by atoms with Gasteiger partial charge < -0.3 is 10.2 Å². The van der Waals surface area contributed by atoms with Gasteiger partial charge in [-0.3, -0.25) is 4.98 Å². The molecular weight excluding hydrogens is 168 g/mol. The van der Waals surface area contributed by atoms with Gasteiger partial charge in [-0.05, 0) is 18.6 Å². The molecule has 0 saturated heterocycles. The SMILES string of the molecule is Cc1cccnc1-c1nnc(N)o1. The molecule has 0 atom stereocenters. The maximum absolute atomic E-state index is 5.30. The smallest absolute Gasteiger partial charge is 0.313 e. The van der Waals surface area contributed by atoms with Gasteiger partial charge in [0.05, 0.1) is 0 Å². The van der Waals surface area contributed by atoms with Gasteiger partial charge in [-0.15, -0.1) is 5.10 Å². The normalized spacial score (nSPS) is 10.2. The third kappa shape index (κ3) is 1.35. The van der Waals surface area contributed by atoms with E-state index in [2.05, 4.69) is 15.2 Å². The fourth-order valence-electron chi connectivity index (χ4n) is 1.04. The van der Waals surface area contributed by atoms with Gasteiger partial charge >= 0.3 is 6.01 Å². The van der Waals surface area contributed by atoms with Crippen LogP contribution in [0.2, 0.25) is 0 Å². The third-order valence-electron chi connectivity index (χ3n) is 1.65. The van der Waals surface area contributed by atoms with Gasteiger partial charge in [0.25, 0.3) is 5.89 Å². The van der Waals surface area contributed by atoms with Gasteiger partial charge in [-0.25, -0.2) is 0 Å². The van der Waals surface area contributed by atoms with E-state index in [9.17, 15) is 0 Å². The van der Waals surface area contributed by atoms with Crippen molar-refractivity contribution in [2.24, 2.45) is 0 Å². The lowest BCUT2D eigenvalue weighted by molar-refractivity contribution is 0.587. The van der Waals surface area contributed by atoms with E-state index in [-0.39, 0.29) is 6.01 Å². The first kappa shape index (κ1) is 7.72. The van der Waals surface area contributed by atoms with E-state index in [1.54, 1.807) is 6.20 Å². The van der Waals surface area contributed by atoms with Crippen molar-refractivity contribution in [3.8, 4) is 11.6 Å². The molecule has 2 N–H and O–H groups in total. The number of hydrogen-bond donors (Lipinski definition) is 1. The molecule has 0 aliphatic rings. The first-order valence-electron chi connectivity index (χ1n) is 3.78. The molecule has 13 heavy (non-hydrogen) atoms. The number of anilines is 1. The molecule has 2 rings (SSSR count). The Bertz CT molecular complexity index is 424. The van der Waals surface area contributed by atoms with Gasteiger partial charge in [-0.2, -0.15) is 0 Å². The summed E-state index contributed by atoms with van der Waals surface area (Å²) in [5.74, 6) is 0.357. The molecule has 5 nitrogen and oxygen atoms in total.